The molecule has 0 atom stereocenters. The fourth-order valence-corrected chi connectivity index (χ4v) is 1.91. The average molecular weight is 282 g/mol. The number of hydrogen-bond donors (Lipinski definition) is 2. The topological polar surface area (TPSA) is 58.2 Å². The molecule has 0 saturated heterocycles. The van der Waals surface area contributed by atoms with Crippen molar-refractivity contribution in [3.8, 4) is 0 Å². The molecular formula is C14H16F2N2O2. The number of halogens is 2. The van der Waals surface area contributed by atoms with Gasteiger partial charge in [-0.3, -0.25) is 9.59 Å². The van der Waals surface area contributed by atoms with E-state index in [-0.39, 0.29) is 11.6 Å². The lowest BCUT2D eigenvalue weighted by Gasteiger charge is -2.15. The zero-order chi connectivity index (χ0) is 14.8. The van der Waals surface area contributed by atoms with Crippen molar-refractivity contribution in [2.24, 2.45) is 5.41 Å². The molecule has 1 fully saturated rings. The number of carbonyl (C=O) groups excluding carboxylic acids is 2. The van der Waals surface area contributed by atoms with Gasteiger partial charge in [-0.25, -0.2) is 8.78 Å². The quantitative estimate of drug-likeness (QED) is 0.813. The van der Waals surface area contributed by atoms with Gasteiger partial charge in [0.15, 0.2) is 11.6 Å². The third kappa shape index (κ3) is 2.79. The van der Waals surface area contributed by atoms with Gasteiger partial charge in [-0.05, 0) is 31.4 Å². The van der Waals surface area contributed by atoms with Gasteiger partial charge in [-0.1, -0.05) is 6.92 Å². The molecule has 0 radical (unpaired) electrons. The molecule has 1 aliphatic rings. The number of benzene rings is 1. The molecule has 0 bridgehead atoms. The largest absolute Gasteiger partial charge is 0.355 e. The van der Waals surface area contributed by atoms with Gasteiger partial charge in [0.1, 0.15) is 5.41 Å². The van der Waals surface area contributed by atoms with Crippen LogP contribution in [-0.2, 0) is 9.59 Å². The van der Waals surface area contributed by atoms with Gasteiger partial charge in [0.05, 0.1) is 0 Å². The first-order valence-corrected chi connectivity index (χ1v) is 6.54. The Balaban J connectivity index is 2.04. The molecule has 4 nitrogen and oxygen atoms in total. The summed E-state index contributed by atoms with van der Waals surface area (Å²) in [7, 11) is 0. The lowest BCUT2D eigenvalue weighted by Crippen LogP contribution is -2.40. The molecule has 20 heavy (non-hydrogen) atoms. The van der Waals surface area contributed by atoms with Gasteiger partial charge in [0, 0.05) is 18.3 Å². The Labute approximate surface area is 115 Å². The zero-order valence-corrected chi connectivity index (χ0v) is 11.1. The summed E-state index contributed by atoms with van der Waals surface area (Å²) < 4.78 is 25.9. The van der Waals surface area contributed by atoms with E-state index >= 15 is 0 Å². The van der Waals surface area contributed by atoms with Crippen LogP contribution in [0.25, 0.3) is 0 Å². The first-order chi connectivity index (χ1) is 9.49. The molecule has 1 aromatic rings. The Kier molecular flexibility index (Phi) is 4.01. The second kappa shape index (κ2) is 5.56. The summed E-state index contributed by atoms with van der Waals surface area (Å²) in [6, 6.07) is 3.09. The minimum Gasteiger partial charge on any atom is -0.355 e. The Hall–Kier alpha value is -1.98. The molecule has 108 valence electrons. The van der Waals surface area contributed by atoms with Crippen molar-refractivity contribution >= 4 is 17.5 Å². The number of nitrogens with one attached hydrogen (secondary N) is 2. The van der Waals surface area contributed by atoms with Crippen LogP contribution in [0.5, 0.6) is 0 Å². The third-order valence-electron chi connectivity index (χ3n) is 3.33. The summed E-state index contributed by atoms with van der Waals surface area (Å²) in [5.74, 6) is -2.80. The van der Waals surface area contributed by atoms with E-state index in [0.717, 1.165) is 18.6 Å². The first kappa shape index (κ1) is 14.4. The van der Waals surface area contributed by atoms with Gasteiger partial charge in [-0.15, -0.1) is 0 Å². The van der Waals surface area contributed by atoms with Crippen LogP contribution in [0.4, 0.5) is 14.5 Å². The van der Waals surface area contributed by atoms with E-state index in [1.54, 1.807) is 0 Å². The van der Waals surface area contributed by atoms with Gasteiger partial charge in [-0.2, -0.15) is 0 Å². The number of hydrogen-bond acceptors (Lipinski definition) is 2. The van der Waals surface area contributed by atoms with E-state index in [4.69, 9.17) is 0 Å². The van der Waals surface area contributed by atoms with E-state index in [2.05, 4.69) is 10.6 Å². The minimum atomic E-state index is -1.06. The van der Waals surface area contributed by atoms with E-state index in [1.807, 2.05) is 6.92 Å². The van der Waals surface area contributed by atoms with Gasteiger partial charge in [0.2, 0.25) is 11.8 Å². The number of carbonyl (C=O) groups is 2. The SMILES string of the molecule is CCCNC(=O)C1(C(=O)Nc2ccc(F)c(F)c2)CC1. The Morgan fingerprint density at radius 3 is 2.45 bits per heavy atom. The van der Waals surface area contributed by atoms with Crippen LogP contribution in [0.1, 0.15) is 26.2 Å². The highest BCUT2D eigenvalue weighted by Crippen LogP contribution is 2.46. The lowest BCUT2D eigenvalue weighted by molar-refractivity contribution is -0.134. The summed E-state index contributed by atoms with van der Waals surface area (Å²) in [4.78, 5) is 24.0. The molecule has 0 unspecified atom stereocenters. The van der Waals surface area contributed by atoms with Crippen molar-refractivity contribution in [1.29, 1.82) is 0 Å². The summed E-state index contributed by atoms with van der Waals surface area (Å²) in [6.07, 6.45) is 1.72. The smallest absolute Gasteiger partial charge is 0.240 e. The second-order valence-corrected chi connectivity index (χ2v) is 4.92. The lowest BCUT2D eigenvalue weighted by atomic mass is 10.0. The van der Waals surface area contributed by atoms with Crippen molar-refractivity contribution in [2.75, 3.05) is 11.9 Å². The predicted molar refractivity (Wildman–Crippen MR) is 70.0 cm³/mol. The average Bonchev–Trinajstić information content (AvgIpc) is 3.22. The molecule has 1 aliphatic carbocycles. The standard InChI is InChI=1S/C14H16F2N2O2/c1-2-7-17-12(19)14(5-6-14)13(20)18-9-3-4-10(15)11(16)8-9/h3-4,8H,2,5-7H2,1H3,(H,17,19)(H,18,20). The van der Waals surface area contributed by atoms with Crippen molar-refractivity contribution in [3.05, 3.63) is 29.8 Å². The fourth-order valence-electron chi connectivity index (χ4n) is 1.91. The van der Waals surface area contributed by atoms with Crippen molar-refractivity contribution in [3.63, 3.8) is 0 Å². The zero-order valence-electron chi connectivity index (χ0n) is 11.1. The van der Waals surface area contributed by atoms with E-state index in [0.29, 0.717) is 19.4 Å². The summed E-state index contributed by atoms with van der Waals surface area (Å²) in [5.41, 5.74) is -0.913. The molecule has 0 spiro atoms. The summed E-state index contributed by atoms with van der Waals surface area (Å²) in [5, 5.41) is 5.15. The molecule has 6 heteroatoms. The number of rotatable bonds is 5. The fraction of sp³-hybridized carbons (Fsp3) is 0.429. The highest BCUT2D eigenvalue weighted by molar-refractivity contribution is 6.13. The maximum Gasteiger partial charge on any atom is 0.240 e. The van der Waals surface area contributed by atoms with E-state index < -0.39 is 23.0 Å². The van der Waals surface area contributed by atoms with Crippen LogP contribution in [0.2, 0.25) is 0 Å². The van der Waals surface area contributed by atoms with Crippen molar-refractivity contribution < 1.29 is 18.4 Å². The maximum atomic E-state index is 13.1. The first-order valence-electron chi connectivity index (χ1n) is 6.54. The van der Waals surface area contributed by atoms with Gasteiger partial charge in [0.25, 0.3) is 0 Å². The number of amides is 2. The molecule has 2 rings (SSSR count). The van der Waals surface area contributed by atoms with Gasteiger partial charge < -0.3 is 10.6 Å². The third-order valence-corrected chi connectivity index (χ3v) is 3.33. The van der Waals surface area contributed by atoms with Crippen molar-refractivity contribution in [1.82, 2.24) is 5.32 Å². The normalized spacial score (nSPS) is 15.6. The van der Waals surface area contributed by atoms with Crippen LogP contribution >= 0.6 is 0 Å². The number of anilines is 1. The second-order valence-electron chi connectivity index (χ2n) is 4.92. The summed E-state index contributed by atoms with van der Waals surface area (Å²) in [6.45, 7) is 2.43. The Bertz CT molecular complexity index is 542. The molecule has 1 aromatic carbocycles. The predicted octanol–water partition coefficient (Wildman–Crippen LogP) is 2.21. The minimum absolute atomic E-state index is 0.142. The Morgan fingerprint density at radius 2 is 1.90 bits per heavy atom. The van der Waals surface area contributed by atoms with E-state index in [1.165, 1.54) is 6.07 Å². The molecule has 0 aliphatic heterocycles. The summed E-state index contributed by atoms with van der Waals surface area (Å²) >= 11 is 0. The van der Waals surface area contributed by atoms with Crippen LogP contribution in [0.15, 0.2) is 18.2 Å². The Morgan fingerprint density at radius 1 is 1.20 bits per heavy atom. The van der Waals surface area contributed by atoms with Crippen LogP contribution < -0.4 is 10.6 Å². The molecule has 0 aromatic heterocycles. The molecule has 0 heterocycles. The molecule has 1 saturated carbocycles. The molecule has 2 amide bonds. The van der Waals surface area contributed by atoms with E-state index in [9.17, 15) is 18.4 Å². The van der Waals surface area contributed by atoms with Crippen LogP contribution in [0.3, 0.4) is 0 Å². The van der Waals surface area contributed by atoms with Crippen LogP contribution in [-0.4, -0.2) is 18.4 Å². The van der Waals surface area contributed by atoms with Crippen LogP contribution in [0, 0.1) is 17.0 Å². The molecule has 2 N–H and O–H groups in total. The highest BCUT2D eigenvalue weighted by atomic mass is 19.2. The van der Waals surface area contributed by atoms with Gasteiger partial charge >= 0.3 is 0 Å². The monoisotopic (exact) mass is 282 g/mol. The molecular weight excluding hydrogens is 266 g/mol. The van der Waals surface area contributed by atoms with Crippen molar-refractivity contribution in [2.45, 2.75) is 26.2 Å². The maximum absolute atomic E-state index is 13.1. The highest BCUT2D eigenvalue weighted by Gasteiger charge is 2.56.